The molecule has 0 spiro atoms. The van der Waals surface area contributed by atoms with E-state index in [1.54, 1.807) is 27.7 Å². The number of halogens is 3. The number of hydrogen-bond donors (Lipinski definition) is 0. The zero-order valence-electron chi connectivity index (χ0n) is 13.0. The number of alkyl halides is 3. The van der Waals surface area contributed by atoms with E-state index in [9.17, 15) is 13.2 Å². The summed E-state index contributed by atoms with van der Waals surface area (Å²) in [6.45, 7) is 7.90. The van der Waals surface area contributed by atoms with Gasteiger partial charge in [0, 0.05) is 13.0 Å². The summed E-state index contributed by atoms with van der Waals surface area (Å²) in [7, 11) is -1.15. The molecule has 0 aromatic carbocycles. The van der Waals surface area contributed by atoms with Crippen LogP contribution in [0.5, 0.6) is 5.88 Å². The van der Waals surface area contributed by atoms with E-state index in [0.717, 1.165) is 0 Å². The quantitative estimate of drug-likeness (QED) is 0.743. The van der Waals surface area contributed by atoms with Crippen LogP contribution >= 0.6 is 0 Å². The van der Waals surface area contributed by atoms with E-state index in [2.05, 4.69) is 5.10 Å². The fraction of sp³-hybridized carbons (Fsp3) is 0.769. The summed E-state index contributed by atoms with van der Waals surface area (Å²) in [5.41, 5.74) is -2.62. The van der Waals surface area contributed by atoms with Crippen molar-refractivity contribution < 1.29 is 27.2 Å². The molecule has 0 bridgehead atoms. The molecular formula is C13H18BF3N2O3. The van der Waals surface area contributed by atoms with Crippen molar-refractivity contribution in [2.24, 2.45) is 0 Å². The summed E-state index contributed by atoms with van der Waals surface area (Å²) in [6.07, 6.45) is -3.97. The van der Waals surface area contributed by atoms with Crippen LogP contribution in [0.2, 0.25) is 0 Å². The van der Waals surface area contributed by atoms with Crippen molar-refractivity contribution >= 4 is 12.6 Å². The van der Waals surface area contributed by atoms with Gasteiger partial charge in [-0.05, 0) is 27.7 Å². The second kappa shape index (κ2) is 4.64. The molecule has 5 nitrogen and oxygen atoms in total. The van der Waals surface area contributed by atoms with Crippen molar-refractivity contribution in [3.8, 4) is 5.88 Å². The van der Waals surface area contributed by atoms with Crippen molar-refractivity contribution in [3.05, 3.63) is 5.69 Å². The normalized spacial score (nSPS) is 23.3. The molecule has 0 unspecified atom stereocenters. The predicted octanol–water partition coefficient (Wildman–Crippen LogP) is 1.98. The minimum absolute atomic E-state index is 0.0945. The Kier molecular flexibility index (Phi) is 3.31. The molecule has 0 radical (unpaired) electrons. The number of aromatic nitrogens is 2. The lowest BCUT2D eigenvalue weighted by atomic mass is 9.78. The topological polar surface area (TPSA) is 45.5 Å². The minimum Gasteiger partial charge on any atom is -0.478 e. The number of hydrogen-bond acceptors (Lipinski definition) is 4. The first-order valence-corrected chi connectivity index (χ1v) is 7.19. The Labute approximate surface area is 126 Å². The van der Waals surface area contributed by atoms with Gasteiger partial charge in [0.25, 0.3) is 0 Å². The molecule has 1 aromatic rings. The van der Waals surface area contributed by atoms with Gasteiger partial charge < -0.3 is 14.0 Å². The first-order chi connectivity index (χ1) is 10.0. The highest BCUT2D eigenvalue weighted by Crippen LogP contribution is 2.39. The van der Waals surface area contributed by atoms with Gasteiger partial charge in [0.05, 0.1) is 23.3 Å². The van der Waals surface area contributed by atoms with Crippen LogP contribution in [0, 0.1) is 0 Å². The van der Waals surface area contributed by atoms with Gasteiger partial charge in [-0.2, -0.15) is 18.3 Å². The molecule has 122 valence electrons. The third kappa shape index (κ3) is 2.30. The fourth-order valence-corrected chi connectivity index (χ4v) is 2.53. The van der Waals surface area contributed by atoms with Crippen LogP contribution in [0.1, 0.15) is 39.8 Å². The monoisotopic (exact) mass is 318 g/mol. The van der Waals surface area contributed by atoms with Crippen LogP contribution in [-0.4, -0.2) is 34.7 Å². The number of nitrogens with zero attached hydrogens (tertiary/aromatic N) is 2. The zero-order valence-corrected chi connectivity index (χ0v) is 13.0. The maximum absolute atomic E-state index is 13.3. The Morgan fingerprint density at radius 2 is 1.73 bits per heavy atom. The molecule has 3 heterocycles. The van der Waals surface area contributed by atoms with Gasteiger partial charge in [-0.3, -0.25) is 0 Å². The van der Waals surface area contributed by atoms with Crippen LogP contribution in [0.15, 0.2) is 0 Å². The highest BCUT2D eigenvalue weighted by atomic mass is 19.4. The Balaban J connectivity index is 2.09. The van der Waals surface area contributed by atoms with Gasteiger partial charge in [0.2, 0.25) is 5.88 Å². The Bertz CT molecular complexity index is 582. The number of ether oxygens (including phenoxy) is 1. The van der Waals surface area contributed by atoms with Gasteiger partial charge in [-0.15, -0.1) is 0 Å². The summed E-state index contributed by atoms with van der Waals surface area (Å²) in [5, 5.41) is 3.67. The van der Waals surface area contributed by atoms with Crippen molar-refractivity contribution in [1.82, 2.24) is 9.78 Å². The van der Waals surface area contributed by atoms with Crippen molar-refractivity contribution in [2.45, 2.75) is 58.0 Å². The van der Waals surface area contributed by atoms with Crippen LogP contribution in [0.4, 0.5) is 13.2 Å². The fourth-order valence-electron chi connectivity index (χ4n) is 2.53. The van der Waals surface area contributed by atoms with Gasteiger partial charge >= 0.3 is 13.3 Å². The number of fused-ring (bicyclic) bond motifs is 1. The van der Waals surface area contributed by atoms with E-state index in [1.165, 1.54) is 4.68 Å². The largest absolute Gasteiger partial charge is 0.502 e. The molecule has 0 saturated carbocycles. The Morgan fingerprint density at radius 3 is 2.27 bits per heavy atom. The van der Waals surface area contributed by atoms with Crippen LogP contribution in [0.3, 0.4) is 0 Å². The van der Waals surface area contributed by atoms with Crippen LogP contribution in [0.25, 0.3) is 0 Å². The van der Waals surface area contributed by atoms with E-state index in [-0.39, 0.29) is 11.3 Å². The molecule has 0 aliphatic carbocycles. The summed E-state index contributed by atoms with van der Waals surface area (Å²) in [5.74, 6) is 0.0945. The zero-order chi connectivity index (χ0) is 16.3. The molecule has 3 rings (SSSR count). The Hall–Kier alpha value is -1.22. The second-order valence-electron chi connectivity index (χ2n) is 6.58. The molecule has 9 heteroatoms. The molecule has 2 aliphatic rings. The van der Waals surface area contributed by atoms with Gasteiger partial charge in [0.1, 0.15) is 0 Å². The standard InChI is InChI=1S/C13H18BF3N2O3/c1-11(2)12(3,4)22-14(21-11)8-9(13(15,16)17)18-19-6-5-7-20-10(8)19/h5-7H2,1-4H3. The van der Waals surface area contributed by atoms with Crippen LogP contribution < -0.4 is 10.2 Å². The molecule has 1 fully saturated rings. The molecule has 0 atom stereocenters. The third-order valence-corrected chi connectivity index (χ3v) is 4.45. The van der Waals surface area contributed by atoms with E-state index in [4.69, 9.17) is 14.0 Å². The third-order valence-electron chi connectivity index (χ3n) is 4.45. The summed E-state index contributed by atoms with van der Waals surface area (Å²) >= 11 is 0. The van der Waals surface area contributed by atoms with Crippen LogP contribution in [-0.2, 0) is 22.0 Å². The highest BCUT2D eigenvalue weighted by molar-refractivity contribution is 6.63. The Morgan fingerprint density at radius 1 is 1.14 bits per heavy atom. The van der Waals surface area contributed by atoms with E-state index in [1.807, 2.05) is 0 Å². The SMILES string of the molecule is CC1(C)OB(c2c(C(F)(F)F)nn3c2OCCC3)OC1(C)C. The summed E-state index contributed by atoms with van der Waals surface area (Å²) < 4.78 is 58.2. The molecule has 0 amide bonds. The lowest BCUT2D eigenvalue weighted by Crippen LogP contribution is -2.41. The van der Waals surface area contributed by atoms with Gasteiger partial charge in [0.15, 0.2) is 5.69 Å². The van der Waals surface area contributed by atoms with Gasteiger partial charge in [-0.25, -0.2) is 4.68 Å². The lowest BCUT2D eigenvalue weighted by molar-refractivity contribution is -0.140. The number of rotatable bonds is 1. The van der Waals surface area contributed by atoms with E-state index in [0.29, 0.717) is 19.6 Å². The molecular weight excluding hydrogens is 300 g/mol. The molecule has 1 saturated heterocycles. The summed E-state index contributed by atoms with van der Waals surface area (Å²) in [6, 6.07) is 0. The number of aryl methyl sites for hydroxylation is 1. The minimum atomic E-state index is -4.59. The van der Waals surface area contributed by atoms with Crippen molar-refractivity contribution in [2.75, 3.05) is 6.61 Å². The highest BCUT2D eigenvalue weighted by Gasteiger charge is 2.56. The predicted molar refractivity (Wildman–Crippen MR) is 73.1 cm³/mol. The van der Waals surface area contributed by atoms with Gasteiger partial charge in [-0.1, -0.05) is 0 Å². The van der Waals surface area contributed by atoms with E-state index >= 15 is 0 Å². The average molecular weight is 318 g/mol. The molecule has 22 heavy (non-hydrogen) atoms. The van der Waals surface area contributed by atoms with E-state index < -0.39 is 30.2 Å². The molecule has 2 aliphatic heterocycles. The summed E-state index contributed by atoms with van der Waals surface area (Å²) in [4.78, 5) is 0. The van der Waals surface area contributed by atoms with Crippen molar-refractivity contribution in [1.29, 1.82) is 0 Å². The first-order valence-electron chi connectivity index (χ1n) is 7.19. The first kappa shape index (κ1) is 15.7. The average Bonchev–Trinajstić information content (AvgIpc) is 2.84. The molecule has 1 aromatic heterocycles. The smallest absolute Gasteiger partial charge is 0.478 e. The second-order valence-corrected chi connectivity index (χ2v) is 6.58. The lowest BCUT2D eigenvalue weighted by Gasteiger charge is -2.32. The maximum Gasteiger partial charge on any atom is 0.502 e. The molecule has 0 N–H and O–H groups in total. The van der Waals surface area contributed by atoms with Crippen molar-refractivity contribution in [3.63, 3.8) is 0 Å². The maximum atomic E-state index is 13.3.